The number of piperidine rings is 1. The largest absolute Gasteiger partial charge is 0.496 e. The minimum absolute atomic E-state index is 0. The van der Waals surface area contributed by atoms with Gasteiger partial charge in [0.15, 0.2) is 17.1 Å². The van der Waals surface area contributed by atoms with Gasteiger partial charge in [0, 0.05) is 37.1 Å². The fraction of sp³-hybridized carbons (Fsp3) is 0.570. The number of benzene rings is 3. The van der Waals surface area contributed by atoms with Gasteiger partial charge >= 0.3 is 0 Å². The summed E-state index contributed by atoms with van der Waals surface area (Å²) in [5.74, 6) is 4.30. The van der Waals surface area contributed by atoms with Crippen molar-refractivity contribution in [2.45, 2.75) is 236 Å². The first kappa shape index (κ1) is 85.1. The van der Waals surface area contributed by atoms with E-state index >= 15 is 0 Å². The molecule has 3 aromatic carbocycles. The minimum atomic E-state index is -0.484. The lowest BCUT2D eigenvalue weighted by Gasteiger charge is -2.29. The first-order chi connectivity index (χ1) is 53.8. The second-order valence-corrected chi connectivity index (χ2v) is 31.3. The summed E-state index contributed by atoms with van der Waals surface area (Å²) in [5.41, 5.74) is 5.64. The quantitative estimate of drug-likeness (QED) is 0.0214. The highest BCUT2D eigenvalue weighted by atomic mass is 35.5. The van der Waals surface area contributed by atoms with Crippen LogP contribution in [0.5, 0.6) is 34.5 Å². The number of carbonyl (C=O) groups excluding carboxylic acids is 6. The summed E-state index contributed by atoms with van der Waals surface area (Å²) in [6.07, 6.45) is 27.4. The normalized spacial score (nSPS) is 20.5. The Bertz CT molecular complexity index is 4100. The van der Waals surface area contributed by atoms with E-state index in [1.54, 1.807) is 66.9 Å². The van der Waals surface area contributed by atoms with Crippen molar-refractivity contribution in [2.24, 2.45) is 17.8 Å². The van der Waals surface area contributed by atoms with E-state index < -0.39 is 12.1 Å². The summed E-state index contributed by atoms with van der Waals surface area (Å²) in [4.78, 5) is 80.4. The molecule has 8 atom stereocenters. The van der Waals surface area contributed by atoms with Crippen molar-refractivity contribution < 1.29 is 57.2 Å². The molecule has 3 aromatic heterocycles. The van der Waals surface area contributed by atoms with Crippen LogP contribution in [-0.4, -0.2) is 168 Å². The summed E-state index contributed by atoms with van der Waals surface area (Å²) in [7, 11) is 9.77. The molecule has 6 aromatic rings. The SMILES string of the molecule is C=C[C@@H](CC(=O)NC1CCC1)NC(=O)c1cc(-c2c(OC)cccc2OC)n(C2CCCC2)n1.C=C[C@@H](CC(=O)NC1CCC1)NC(=O)c1cc(-c2c(OC)cccc2OC)n(C2CCCC2C)n1.COc1cccc(OC)c1-c1cc(C(=O)N[C@@H](CCN2CCCCC2)CC(=O)NC2CCC2)nn1C1CCC(C)C1C.Cl. The Hall–Kier alpha value is -9.36. The molecule has 7 fully saturated rings. The van der Waals surface area contributed by atoms with Crippen molar-refractivity contribution in [3.63, 3.8) is 0 Å². The van der Waals surface area contributed by atoms with Crippen LogP contribution in [-0.2, 0) is 14.4 Å². The van der Waals surface area contributed by atoms with Gasteiger partial charge in [0.05, 0.1) is 119 Å². The molecule has 4 heterocycles. The minimum Gasteiger partial charge on any atom is -0.496 e. The number of amides is 6. The van der Waals surface area contributed by atoms with Gasteiger partial charge in [0.1, 0.15) is 34.5 Å². The van der Waals surface area contributed by atoms with Crippen LogP contribution in [0.25, 0.3) is 33.8 Å². The van der Waals surface area contributed by atoms with Gasteiger partial charge in [-0.25, -0.2) is 0 Å². The number of rotatable bonds is 32. The van der Waals surface area contributed by atoms with E-state index in [2.05, 4.69) is 70.7 Å². The monoisotopic (exact) mass is 1560 g/mol. The Balaban J connectivity index is 0.000000179. The summed E-state index contributed by atoms with van der Waals surface area (Å²) < 4.78 is 40.0. The lowest BCUT2D eigenvalue weighted by Crippen LogP contribution is -2.45. The van der Waals surface area contributed by atoms with Crippen molar-refractivity contribution >= 4 is 47.9 Å². The van der Waals surface area contributed by atoms with Crippen LogP contribution in [0.15, 0.2) is 98.1 Å². The number of hydrogen-bond acceptors (Lipinski definition) is 16. The van der Waals surface area contributed by atoms with E-state index in [1.165, 1.54) is 25.7 Å². The number of carbonyl (C=O) groups is 6. The molecule has 25 nitrogen and oxygen atoms in total. The van der Waals surface area contributed by atoms with Crippen LogP contribution < -0.4 is 60.3 Å². The molecular formula is C86H120ClN13O12. The third kappa shape index (κ3) is 21.1. The highest BCUT2D eigenvalue weighted by Gasteiger charge is 2.38. The van der Waals surface area contributed by atoms with Gasteiger partial charge in [-0.05, 0) is 201 Å². The third-order valence-corrected chi connectivity index (χ3v) is 23.9. The Morgan fingerprint density at radius 1 is 0.438 bits per heavy atom. The predicted molar refractivity (Wildman–Crippen MR) is 436 cm³/mol. The zero-order valence-corrected chi connectivity index (χ0v) is 68.0. The smallest absolute Gasteiger partial charge is 0.272 e. The fourth-order valence-electron chi connectivity index (χ4n) is 16.5. The average Bonchev–Trinajstić information content (AvgIpc) is 1.61. The molecule has 112 heavy (non-hydrogen) atoms. The van der Waals surface area contributed by atoms with Gasteiger partial charge in [0.25, 0.3) is 17.7 Å². The number of methoxy groups -OCH3 is 6. The van der Waals surface area contributed by atoms with Crippen LogP contribution in [0, 0.1) is 17.8 Å². The zero-order valence-electron chi connectivity index (χ0n) is 67.2. The number of likely N-dealkylation sites (tertiary alicyclic amines) is 1. The van der Waals surface area contributed by atoms with Crippen LogP contribution in [0.1, 0.15) is 231 Å². The second-order valence-electron chi connectivity index (χ2n) is 31.3. The number of ether oxygens (including phenoxy) is 6. The van der Waals surface area contributed by atoms with Crippen molar-refractivity contribution in [1.29, 1.82) is 0 Å². The van der Waals surface area contributed by atoms with Crippen LogP contribution >= 0.6 is 12.4 Å². The third-order valence-electron chi connectivity index (χ3n) is 23.9. The second kappa shape index (κ2) is 40.9. The Labute approximate surface area is 667 Å². The molecule has 26 heteroatoms. The molecule has 6 amide bonds. The van der Waals surface area contributed by atoms with Gasteiger partial charge in [-0.2, -0.15) is 15.3 Å². The molecule has 5 unspecified atom stereocenters. The van der Waals surface area contributed by atoms with Crippen molar-refractivity contribution in [3.05, 3.63) is 115 Å². The van der Waals surface area contributed by atoms with E-state index in [4.69, 9.17) is 43.7 Å². The van der Waals surface area contributed by atoms with E-state index in [1.807, 2.05) is 74.7 Å². The maximum Gasteiger partial charge on any atom is 0.272 e. The summed E-state index contributed by atoms with van der Waals surface area (Å²) in [6.45, 7) is 17.4. The van der Waals surface area contributed by atoms with Gasteiger partial charge in [-0.15, -0.1) is 25.6 Å². The van der Waals surface area contributed by atoms with Crippen molar-refractivity contribution in [2.75, 3.05) is 62.3 Å². The van der Waals surface area contributed by atoms with Crippen LogP contribution in [0.3, 0.4) is 0 Å². The lowest BCUT2D eigenvalue weighted by molar-refractivity contribution is -0.123. The molecule has 6 N–H and O–H groups in total. The van der Waals surface area contributed by atoms with Crippen molar-refractivity contribution in [3.8, 4) is 68.3 Å². The molecule has 0 spiro atoms. The van der Waals surface area contributed by atoms with E-state index in [-0.39, 0.29) is 109 Å². The highest BCUT2D eigenvalue weighted by molar-refractivity contribution is 5.97. The van der Waals surface area contributed by atoms with Crippen molar-refractivity contribution in [1.82, 2.24) is 66.1 Å². The Kier molecular flexibility index (Phi) is 31.1. The molecule has 608 valence electrons. The van der Waals surface area contributed by atoms with E-state index in [0.717, 1.165) is 169 Å². The number of nitrogens with one attached hydrogen (secondary N) is 6. The first-order valence-corrected chi connectivity index (χ1v) is 40.6. The number of halogens is 1. The molecule has 1 aliphatic heterocycles. The highest BCUT2D eigenvalue weighted by Crippen LogP contribution is 2.48. The number of aromatic nitrogens is 6. The molecule has 0 bridgehead atoms. The Morgan fingerprint density at radius 3 is 1.17 bits per heavy atom. The number of hydrogen-bond donors (Lipinski definition) is 6. The molecule has 0 radical (unpaired) electrons. The maximum absolute atomic E-state index is 13.8. The topological polar surface area (TPSA) is 287 Å². The molecule has 6 saturated carbocycles. The number of nitrogens with zero attached hydrogens (tertiary/aromatic N) is 7. The molecular weight excluding hydrogens is 1440 g/mol. The average molecular weight is 1560 g/mol. The standard InChI is InChI=1S/C33H49N5O4.C27H36N4O4.C26H34N4O4.ClH/c1-22-14-15-27(23(22)2)38-28(32-29(41-3)12-9-13-30(32)42-4)21-26(36-38)33(40)35-25(16-19-37-17-6-5-7-18-37)20-31(39)34-24-10-8-11-24;1-5-18(15-25(32)28-19-10-7-11-19)29-27(33)20-16-22(31(30-20)21-12-6-9-17(21)2)26-23(34-3)13-8-14-24(26)35-4;1-4-17(15-24(31)27-18-9-7-10-18)28-26(32)20-16-21(30(29-20)19-11-5-6-12-19)25-22(33-2)13-8-14-23(25)34-3;/h9,12-13,21-25,27H,5-8,10-11,14-20H2,1-4H3,(H,34,39)(H,35,40);5,8,13-14,16-19,21H,1,6-7,9-12,15H2,2-4H3,(H,28,32)(H,29,33);4,8,13-14,16-19H,1,5-7,9-12,15H2,2-3H3,(H,27,31)(H,28,32);1H/t22?,23?,25-,27?;17?,18-,21?;17-;/m000./s1. The predicted octanol–water partition coefficient (Wildman–Crippen LogP) is 13.9. The molecule has 6 aliphatic carbocycles. The van der Waals surface area contributed by atoms with E-state index in [0.29, 0.717) is 69.3 Å². The summed E-state index contributed by atoms with van der Waals surface area (Å²) in [6, 6.07) is 22.5. The molecule has 7 aliphatic rings. The lowest BCUT2D eigenvalue weighted by atomic mass is 9.93. The van der Waals surface area contributed by atoms with Gasteiger partial charge in [-0.3, -0.25) is 42.8 Å². The maximum atomic E-state index is 13.8. The van der Waals surface area contributed by atoms with Gasteiger partial charge in [-0.1, -0.05) is 76.8 Å². The summed E-state index contributed by atoms with van der Waals surface area (Å²) in [5, 5.41) is 32.6. The molecule has 1 saturated heterocycles. The Morgan fingerprint density at radius 2 is 0.812 bits per heavy atom. The van der Waals surface area contributed by atoms with Gasteiger partial charge < -0.3 is 65.2 Å². The summed E-state index contributed by atoms with van der Waals surface area (Å²) >= 11 is 0. The fourth-order valence-corrected chi connectivity index (χ4v) is 16.5. The molecule has 13 rings (SSSR count). The van der Waals surface area contributed by atoms with E-state index in [9.17, 15) is 28.8 Å². The van der Waals surface area contributed by atoms with Crippen LogP contribution in [0.4, 0.5) is 0 Å². The van der Waals surface area contributed by atoms with Crippen LogP contribution in [0.2, 0.25) is 0 Å². The first-order valence-electron chi connectivity index (χ1n) is 40.6. The zero-order chi connectivity index (χ0) is 78.7. The van der Waals surface area contributed by atoms with Gasteiger partial charge in [0.2, 0.25) is 17.7 Å².